The Balaban J connectivity index is 2.21. The zero-order valence-corrected chi connectivity index (χ0v) is 10.4. The van der Waals surface area contributed by atoms with E-state index in [0.29, 0.717) is 12.1 Å². The number of benzene rings is 1. The van der Waals surface area contributed by atoms with E-state index in [0.717, 1.165) is 18.9 Å². The van der Waals surface area contributed by atoms with Crippen LogP contribution in [0, 0.1) is 5.82 Å². The number of halogens is 5. The summed E-state index contributed by atoms with van der Waals surface area (Å²) in [5.74, 6) is -1.95. The van der Waals surface area contributed by atoms with Gasteiger partial charge in [-0.1, -0.05) is 6.07 Å². The number of carbonyl (C=O) groups excluding carboxylic acids is 1. The third kappa shape index (κ3) is 3.37. The molecule has 19 heavy (non-hydrogen) atoms. The van der Waals surface area contributed by atoms with Crippen molar-refractivity contribution in [3.8, 4) is 0 Å². The molecule has 1 amide bonds. The van der Waals surface area contributed by atoms with Gasteiger partial charge in [0.15, 0.2) is 0 Å². The molecule has 1 aromatic rings. The van der Waals surface area contributed by atoms with E-state index in [-0.39, 0.29) is 11.6 Å². The molecule has 1 N–H and O–H groups in total. The number of hydrogen-bond donors (Lipinski definition) is 1. The van der Waals surface area contributed by atoms with Crippen LogP contribution in [0.2, 0.25) is 0 Å². The minimum Gasteiger partial charge on any atom is -0.352 e. The van der Waals surface area contributed by atoms with E-state index in [1.165, 1.54) is 0 Å². The highest BCUT2D eigenvalue weighted by Gasteiger charge is 2.35. The second kappa shape index (κ2) is 5.00. The highest BCUT2D eigenvalue weighted by atomic mass is 35.5. The van der Waals surface area contributed by atoms with Crippen LogP contribution in [0.4, 0.5) is 17.6 Å². The molecule has 1 aliphatic carbocycles. The fourth-order valence-corrected chi connectivity index (χ4v) is 1.77. The van der Waals surface area contributed by atoms with E-state index in [1.54, 1.807) is 0 Å². The van der Waals surface area contributed by atoms with Gasteiger partial charge in [-0.25, -0.2) is 4.39 Å². The Labute approximate surface area is 111 Å². The predicted molar refractivity (Wildman–Crippen MR) is 61.2 cm³/mol. The van der Waals surface area contributed by atoms with Crippen LogP contribution in [-0.2, 0) is 11.0 Å². The zero-order valence-electron chi connectivity index (χ0n) is 9.60. The first-order valence-corrected chi connectivity index (χ1v) is 6.04. The fourth-order valence-electron chi connectivity index (χ4n) is 1.57. The van der Waals surface area contributed by atoms with Gasteiger partial charge in [0.1, 0.15) is 11.2 Å². The maximum atomic E-state index is 13.1. The summed E-state index contributed by atoms with van der Waals surface area (Å²) in [6, 6.07) is 2.36. The summed E-state index contributed by atoms with van der Waals surface area (Å²) in [6.07, 6.45) is -3.14. The van der Waals surface area contributed by atoms with Crippen LogP contribution in [0.25, 0.3) is 0 Å². The van der Waals surface area contributed by atoms with Crippen molar-refractivity contribution in [3.05, 3.63) is 35.1 Å². The number of nitrogens with one attached hydrogen (secondary N) is 1. The summed E-state index contributed by atoms with van der Waals surface area (Å²) in [6.45, 7) is 0. The molecule has 2 nitrogen and oxygen atoms in total. The molecule has 1 aliphatic rings. The Morgan fingerprint density at radius 2 is 2.00 bits per heavy atom. The molecule has 0 heterocycles. The Bertz CT molecular complexity index is 499. The van der Waals surface area contributed by atoms with E-state index in [1.807, 2.05) is 0 Å². The van der Waals surface area contributed by atoms with Gasteiger partial charge in [-0.15, -0.1) is 11.6 Å². The van der Waals surface area contributed by atoms with Crippen LogP contribution >= 0.6 is 11.6 Å². The molecule has 0 saturated heterocycles. The second-order valence-electron chi connectivity index (χ2n) is 4.38. The zero-order chi connectivity index (χ0) is 14.2. The molecule has 0 radical (unpaired) electrons. The smallest absolute Gasteiger partial charge is 0.352 e. The Kier molecular flexibility index (Phi) is 3.71. The lowest BCUT2D eigenvalue weighted by Gasteiger charge is -2.13. The van der Waals surface area contributed by atoms with Crippen LogP contribution in [0.5, 0.6) is 0 Å². The summed E-state index contributed by atoms with van der Waals surface area (Å²) >= 11 is 5.80. The molecular formula is C12H10ClF4NO. The van der Waals surface area contributed by atoms with Gasteiger partial charge in [0.05, 0.1) is 5.56 Å². The molecule has 0 aromatic heterocycles. The first-order valence-electron chi connectivity index (χ1n) is 5.60. The van der Waals surface area contributed by atoms with E-state index in [9.17, 15) is 22.4 Å². The maximum Gasteiger partial charge on any atom is 0.419 e. The topological polar surface area (TPSA) is 29.1 Å². The van der Waals surface area contributed by atoms with Crippen LogP contribution in [0.15, 0.2) is 18.2 Å². The van der Waals surface area contributed by atoms with E-state index in [2.05, 4.69) is 5.32 Å². The monoisotopic (exact) mass is 295 g/mol. The van der Waals surface area contributed by atoms with Gasteiger partial charge >= 0.3 is 6.18 Å². The van der Waals surface area contributed by atoms with Gasteiger partial charge in [-0.3, -0.25) is 4.79 Å². The lowest BCUT2D eigenvalue weighted by molar-refractivity contribution is -0.140. The molecule has 0 aliphatic heterocycles. The van der Waals surface area contributed by atoms with Crippen LogP contribution in [0.1, 0.15) is 29.3 Å². The van der Waals surface area contributed by atoms with Crippen LogP contribution in [0.3, 0.4) is 0 Å². The normalized spacial score (nSPS) is 17.1. The highest BCUT2D eigenvalue weighted by molar-refractivity contribution is 6.30. The molecule has 1 aromatic carbocycles. The number of alkyl halides is 4. The lowest BCUT2D eigenvalue weighted by atomic mass is 10.1. The quantitative estimate of drug-likeness (QED) is 0.672. The molecule has 0 spiro atoms. The van der Waals surface area contributed by atoms with Crippen LogP contribution in [-0.4, -0.2) is 11.9 Å². The average Bonchev–Trinajstić information content (AvgIpc) is 3.11. The van der Waals surface area contributed by atoms with Gasteiger partial charge in [0, 0.05) is 6.04 Å². The number of rotatable bonds is 3. The summed E-state index contributed by atoms with van der Waals surface area (Å²) in [7, 11) is 0. The molecule has 1 saturated carbocycles. The van der Waals surface area contributed by atoms with Gasteiger partial charge in [0.25, 0.3) is 0 Å². The van der Waals surface area contributed by atoms with Crippen molar-refractivity contribution in [1.29, 1.82) is 0 Å². The molecule has 1 atom stereocenters. The minimum absolute atomic E-state index is 0.0521. The van der Waals surface area contributed by atoms with Gasteiger partial charge in [-0.05, 0) is 30.5 Å². The SMILES string of the molecule is O=C(NC1CC1)C(Cl)c1ccc(F)c(C(F)(F)F)c1. The standard InChI is InChI=1S/C12H10ClF4NO/c13-10(11(19)18-7-2-3-7)6-1-4-9(14)8(5-6)12(15,16)17/h1,4-5,7,10H,2-3H2,(H,18,19). The largest absolute Gasteiger partial charge is 0.419 e. The Hall–Kier alpha value is -1.30. The molecule has 1 unspecified atom stereocenters. The van der Waals surface area contributed by atoms with E-state index < -0.39 is 28.8 Å². The molecule has 1 fully saturated rings. The maximum absolute atomic E-state index is 13.1. The third-order valence-corrected chi connectivity index (χ3v) is 3.19. The minimum atomic E-state index is -4.82. The average molecular weight is 296 g/mol. The van der Waals surface area contributed by atoms with E-state index >= 15 is 0 Å². The molecule has 7 heteroatoms. The summed E-state index contributed by atoms with van der Waals surface area (Å²) < 4.78 is 50.7. The predicted octanol–water partition coefficient (Wildman–Crippen LogP) is 3.40. The van der Waals surface area contributed by atoms with Crippen molar-refractivity contribution in [2.24, 2.45) is 0 Å². The van der Waals surface area contributed by atoms with Crippen molar-refractivity contribution >= 4 is 17.5 Å². The Morgan fingerprint density at radius 3 is 2.53 bits per heavy atom. The van der Waals surface area contributed by atoms with E-state index in [4.69, 9.17) is 11.6 Å². The summed E-state index contributed by atoms with van der Waals surface area (Å²) in [4.78, 5) is 11.6. The van der Waals surface area contributed by atoms with Crippen molar-refractivity contribution in [2.75, 3.05) is 0 Å². The summed E-state index contributed by atoms with van der Waals surface area (Å²) in [5.41, 5.74) is -1.50. The van der Waals surface area contributed by atoms with Crippen LogP contribution < -0.4 is 5.32 Å². The van der Waals surface area contributed by atoms with Crippen molar-refractivity contribution in [1.82, 2.24) is 5.32 Å². The van der Waals surface area contributed by atoms with Gasteiger partial charge in [-0.2, -0.15) is 13.2 Å². The van der Waals surface area contributed by atoms with Crippen molar-refractivity contribution in [3.63, 3.8) is 0 Å². The van der Waals surface area contributed by atoms with Gasteiger partial charge < -0.3 is 5.32 Å². The summed E-state index contributed by atoms with van der Waals surface area (Å²) in [5, 5.41) is 1.32. The van der Waals surface area contributed by atoms with Crippen molar-refractivity contribution < 1.29 is 22.4 Å². The number of amides is 1. The van der Waals surface area contributed by atoms with Gasteiger partial charge in [0.2, 0.25) is 5.91 Å². The second-order valence-corrected chi connectivity index (χ2v) is 4.82. The first kappa shape index (κ1) is 14.1. The molecule has 0 bridgehead atoms. The fraction of sp³-hybridized carbons (Fsp3) is 0.417. The lowest BCUT2D eigenvalue weighted by Crippen LogP contribution is -2.29. The molecule has 104 valence electrons. The number of hydrogen-bond acceptors (Lipinski definition) is 1. The van der Waals surface area contributed by atoms with Crippen molar-refractivity contribution in [2.45, 2.75) is 30.4 Å². The first-order chi connectivity index (χ1) is 8.79. The number of carbonyl (C=O) groups is 1. The third-order valence-electron chi connectivity index (χ3n) is 2.74. The Morgan fingerprint density at radius 1 is 1.37 bits per heavy atom. The molecular weight excluding hydrogens is 286 g/mol. The molecule has 2 rings (SSSR count). The highest BCUT2D eigenvalue weighted by Crippen LogP contribution is 2.34.